The lowest BCUT2D eigenvalue weighted by Crippen LogP contribution is -2.47. The Kier molecular flexibility index (Phi) is 5.40. The van der Waals surface area contributed by atoms with Gasteiger partial charge >= 0.3 is 0 Å². The van der Waals surface area contributed by atoms with Crippen LogP contribution in [0.3, 0.4) is 0 Å². The number of para-hydroxylation sites is 2. The highest BCUT2D eigenvalue weighted by atomic mass is 32.2. The van der Waals surface area contributed by atoms with Gasteiger partial charge in [-0.3, -0.25) is 9.59 Å². The van der Waals surface area contributed by atoms with Crippen LogP contribution in [0.1, 0.15) is 25.6 Å². The van der Waals surface area contributed by atoms with Gasteiger partial charge in [0.2, 0.25) is 11.8 Å². The maximum absolute atomic E-state index is 12.4. The number of thioether (sulfide) groups is 1. The molecule has 0 aliphatic carbocycles. The van der Waals surface area contributed by atoms with Gasteiger partial charge in [0, 0.05) is 24.5 Å². The van der Waals surface area contributed by atoms with Crippen molar-refractivity contribution in [3.63, 3.8) is 0 Å². The molecule has 1 saturated heterocycles. The first-order valence-corrected chi connectivity index (χ1v) is 9.43. The van der Waals surface area contributed by atoms with Gasteiger partial charge in [0.05, 0.1) is 17.6 Å². The van der Waals surface area contributed by atoms with Gasteiger partial charge in [0.25, 0.3) is 0 Å². The van der Waals surface area contributed by atoms with Crippen molar-refractivity contribution in [3.05, 3.63) is 30.1 Å². The second-order valence-corrected chi connectivity index (χ2v) is 6.98. The van der Waals surface area contributed by atoms with Crippen LogP contribution in [-0.4, -0.2) is 38.9 Å². The molecular weight excluding hydrogens is 324 g/mol. The predicted octanol–water partition coefficient (Wildman–Crippen LogP) is 1.68. The molecule has 1 aliphatic heterocycles. The Labute approximate surface area is 145 Å². The summed E-state index contributed by atoms with van der Waals surface area (Å²) in [6, 6.07) is 7.53. The number of hydrogen-bond acceptors (Lipinski definition) is 4. The summed E-state index contributed by atoms with van der Waals surface area (Å²) in [5.74, 6) is 2.02. The van der Waals surface area contributed by atoms with Crippen LogP contribution in [-0.2, 0) is 22.7 Å². The maximum Gasteiger partial charge on any atom is 0.243 e. The average molecular weight is 346 g/mol. The van der Waals surface area contributed by atoms with E-state index in [2.05, 4.69) is 27.1 Å². The monoisotopic (exact) mass is 346 g/mol. The molecule has 128 valence electrons. The molecule has 0 saturated carbocycles. The predicted molar refractivity (Wildman–Crippen MR) is 95.7 cm³/mol. The van der Waals surface area contributed by atoms with E-state index < -0.39 is 6.04 Å². The molecular formula is C17H22N4O2S. The van der Waals surface area contributed by atoms with Gasteiger partial charge in [-0.05, 0) is 18.6 Å². The van der Waals surface area contributed by atoms with Crippen LogP contribution in [0.25, 0.3) is 11.0 Å². The summed E-state index contributed by atoms with van der Waals surface area (Å²) < 4.78 is 2.15. The van der Waals surface area contributed by atoms with Crippen molar-refractivity contribution >= 4 is 34.6 Å². The summed E-state index contributed by atoms with van der Waals surface area (Å²) in [6.45, 7) is 3.35. The van der Waals surface area contributed by atoms with Crippen LogP contribution in [0.15, 0.2) is 24.3 Å². The number of nitrogens with zero attached hydrogens (tertiary/aromatic N) is 2. The lowest BCUT2D eigenvalue weighted by atomic mass is 10.3. The number of nitrogens with one attached hydrogen (secondary N) is 2. The third-order valence-corrected chi connectivity index (χ3v) is 5.07. The smallest absolute Gasteiger partial charge is 0.243 e. The molecule has 1 fully saturated rings. The average Bonchev–Trinajstić information content (AvgIpc) is 2.77. The van der Waals surface area contributed by atoms with Crippen molar-refractivity contribution in [2.75, 3.05) is 11.5 Å². The van der Waals surface area contributed by atoms with Gasteiger partial charge in [-0.15, -0.1) is 0 Å². The molecule has 1 aromatic carbocycles. The minimum Gasteiger partial charge on any atom is -0.347 e. The quantitative estimate of drug-likeness (QED) is 0.864. The number of imidazole rings is 1. The Balaban J connectivity index is 1.71. The van der Waals surface area contributed by atoms with Gasteiger partial charge in [-0.1, -0.05) is 19.1 Å². The van der Waals surface area contributed by atoms with Crippen molar-refractivity contribution in [2.24, 2.45) is 0 Å². The molecule has 3 rings (SSSR count). The van der Waals surface area contributed by atoms with Gasteiger partial charge in [0.1, 0.15) is 11.9 Å². The number of aryl methyl sites for hydroxylation is 1. The van der Waals surface area contributed by atoms with Crippen LogP contribution < -0.4 is 10.6 Å². The highest BCUT2D eigenvalue weighted by Crippen LogP contribution is 2.17. The van der Waals surface area contributed by atoms with Gasteiger partial charge in [-0.25, -0.2) is 4.98 Å². The van der Waals surface area contributed by atoms with E-state index in [9.17, 15) is 9.59 Å². The SMILES string of the molecule is CCCn1c(CNC(=O)C2CSCCC(=O)N2)nc2ccccc21. The summed E-state index contributed by atoms with van der Waals surface area (Å²) in [5.41, 5.74) is 2.02. The number of benzene rings is 1. The van der Waals surface area contributed by atoms with E-state index >= 15 is 0 Å². The zero-order valence-corrected chi connectivity index (χ0v) is 14.6. The fraction of sp³-hybridized carbons (Fsp3) is 0.471. The molecule has 1 atom stereocenters. The Bertz CT molecular complexity index is 743. The second kappa shape index (κ2) is 7.70. The first kappa shape index (κ1) is 16.8. The Morgan fingerprint density at radius 1 is 1.46 bits per heavy atom. The molecule has 2 aromatic rings. The van der Waals surface area contributed by atoms with E-state index in [0.717, 1.165) is 35.6 Å². The van der Waals surface area contributed by atoms with Crippen LogP contribution >= 0.6 is 11.8 Å². The van der Waals surface area contributed by atoms with Crippen LogP contribution in [0.4, 0.5) is 0 Å². The molecule has 1 aliphatic rings. The molecule has 0 bridgehead atoms. The van der Waals surface area contributed by atoms with Crippen molar-refractivity contribution in [1.29, 1.82) is 0 Å². The van der Waals surface area contributed by atoms with Gasteiger partial charge in [-0.2, -0.15) is 11.8 Å². The molecule has 2 heterocycles. The fourth-order valence-electron chi connectivity index (χ4n) is 2.84. The molecule has 2 amide bonds. The Morgan fingerprint density at radius 2 is 2.29 bits per heavy atom. The number of carbonyl (C=O) groups excluding carboxylic acids is 2. The molecule has 6 nitrogen and oxygen atoms in total. The number of rotatable bonds is 5. The zero-order valence-electron chi connectivity index (χ0n) is 13.7. The number of fused-ring (bicyclic) bond motifs is 1. The van der Waals surface area contributed by atoms with Crippen molar-refractivity contribution in [3.8, 4) is 0 Å². The van der Waals surface area contributed by atoms with Gasteiger partial charge < -0.3 is 15.2 Å². The lowest BCUT2D eigenvalue weighted by Gasteiger charge is -2.15. The minimum absolute atomic E-state index is 0.0571. The standard InChI is InChI=1S/C17H22N4O2S/c1-2-8-21-14-6-4-3-5-12(14)19-15(21)10-18-17(23)13-11-24-9-7-16(22)20-13/h3-6,13H,2,7-11H2,1H3,(H,18,23)(H,20,22). The number of carbonyl (C=O) groups is 2. The third-order valence-electron chi connectivity index (χ3n) is 4.01. The van der Waals surface area contributed by atoms with E-state index in [1.54, 1.807) is 11.8 Å². The maximum atomic E-state index is 12.4. The molecule has 24 heavy (non-hydrogen) atoms. The van der Waals surface area contributed by atoms with E-state index in [1.807, 2.05) is 24.3 Å². The minimum atomic E-state index is -0.464. The summed E-state index contributed by atoms with van der Waals surface area (Å²) in [4.78, 5) is 28.6. The number of hydrogen-bond donors (Lipinski definition) is 2. The molecule has 1 aromatic heterocycles. The summed E-state index contributed by atoms with van der Waals surface area (Å²) >= 11 is 1.63. The van der Waals surface area contributed by atoms with E-state index in [4.69, 9.17) is 0 Å². The first-order valence-electron chi connectivity index (χ1n) is 8.28. The number of aromatic nitrogens is 2. The van der Waals surface area contributed by atoms with Crippen molar-refractivity contribution in [1.82, 2.24) is 20.2 Å². The van der Waals surface area contributed by atoms with E-state index in [0.29, 0.717) is 18.7 Å². The zero-order chi connectivity index (χ0) is 16.9. The topological polar surface area (TPSA) is 76.0 Å². The van der Waals surface area contributed by atoms with E-state index in [1.165, 1.54) is 0 Å². The molecule has 0 radical (unpaired) electrons. The van der Waals surface area contributed by atoms with Crippen LogP contribution in [0.2, 0.25) is 0 Å². The summed E-state index contributed by atoms with van der Waals surface area (Å²) in [6.07, 6.45) is 1.47. The second-order valence-electron chi connectivity index (χ2n) is 5.83. The summed E-state index contributed by atoms with van der Waals surface area (Å²) in [5, 5.41) is 5.71. The largest absolute Gasteiger partial charge is 0.347 e. The van der Waals surface area contributed by atoms with Crippen LogP contribution in [0.5, 0.6) is 0 Å². The summed E-state index contributed by atoms with van der Waals surface area (Å²) in [7, 11) is 0. The first-order chi connectivity index (χ1) is 11.7. The molecule has 1 unspecified atom stereocenters. The third kappa shape index (κ3) is 3.72. The Morgan fingerprint density at radius 3 is 3.12 bits per heavy atom. The highest BCUT2D eigenvalue weighted by Gasteiger charge is 2.23. The van der Waals surface area contributed by atoms with Crippen molar-refractivity contribution in [2.45, 2.75) is 38.9 Å². The normalized spacial score (nSPS) is 18.2. The van der Waals surface area contributed by atoms with Crippen LogP contribution in [0, 0.1) is 0 Å². The molecule has 2 N–H and O–H groups in total. The lowest BCUT2D eigenvalue weighted by molar-refractivity contribution is -0.128. The van der Waals surface area contributed by atoms with Crippen molar-refractivity contribution < 1.29 is 9.59 Å². The van der Waals surface area contributed by atoms with E-state index in [-0.39, 0.29) is 11.8 Å². The molecule has 7 heteroatoms. The fourth-order valence-corrected chi connectivity index (χ4v) is 3.81. The number of amides is 2. The van der Waals surface area contributed by atoms with Gasteiger partial charge in [0.15, 0.2) is 0 Å². The highest BCUT2D eigenvalue weighted by molar-refractivity contribution is 7.99. The molecule has 0 spiro atoms. The Hall–Kier alpha value is -2.02.